The van der Waals surface area contributed by atoms with Crippen LogP contribution in [0.3, 0.4) is 0 Å². The van der Waals surface area contributed by atoms with Crippen LogP contribution < -0.4 is 0 Å². The zero-order valence-corrected chi connectivity index (χ0v) is 10.0. The van der Waals surface area contributed by atoms with Crippen LogP contribution in [0.1, 0.15) is 29.3 Å². The van der Waals surface area contributed by atoms with Gasteiger partial charge in [0.25, 0.3) is 0 Å². The first-order valence-electron chi connectivity index (χ1n) is 5.71. The molecule has 1 aromatic carbocycles. The lowest BCUT2D eigenvalue weighted by Gasteiger charge is -2.05. The first-order chi connectivity index (χ1) is 8.24. The van der Waals surface area contributed by atoms with Crippen molar-refractivity contribution in [3.63, 3.8) is 0 Å². The van der Waals surface area contributed by atoms with E-state index in [0.29, 0.717) is 25.4 Å². The molecule has 0 aliphatic carbocycles. The maximum absolute atomic E-state index is 10.6. The number of hydrogen-bond donors (Lipinski definition) is 1. The molecule has 17 heavy (non-hydrogen) atoms. The van der Waals surface area contributed by atoms with Gasteiger partial charge >= 0.3 is 5.97 Å². The van der Waals surface area contributed by atoms with E-state index < -0.39 is 5.97 Å². The van der Waals surface area contributed by atoms with Crippen LogP contribution in [0, 0.1) is 0 Å². The maximum Gasteiger partial charge on any atom is 0.335 e. The summed E-state index contributed by atoms with van der Waals surface area (Å²) in [6.45, 7) is 4.46. The number of hydrogen-bond acceptors (Lipinski definition) is 3. The molecule has 0 saturated carbocycles. The van der Waals surface area contributed by atoms with Crippen LogP contribution in [0.5, 0.6) is 0 Å². The number of aromatic carboxylic acids is 1. The highest BCUT2D eigenvalue weighted by Gasteiger charge is 2.01. The van der Waals surface area contributed by atoms with Crippen molar-refractivity contribution in [2.45, 2.75) is 20.0 Å². The highest BCUT2D eigenvalue weighted by Crippen LogP contribution is 2.05. The van der Waals surface area contributed by atoms with E-state index in [-0.39, 0.29) is 0 Å². The summed E-state index contributed by atoms with van der Waals surface area (Å²) in [4.78, 5) is 10.6. The Hall–Kier alpha value is -1.39. The Morgan fingerprint density at radius 3 is 2.35 bits per heavy atom. The highest BCUT2D eigenvalue weighted by atomic mass is 16.5. The van der Waals surface area contributed by atoms with Crippen molar-refractivity contribution in [1.29, 1.82) is 0 Å². The Morgan fingerprint density at radius 1 is 1.12 bits per heavy atom. The molecule has 1 rings (SSSR count). The number of carboxylic acids is 1. The van der Waals surface area contributed by atoms with Crippen LogP contribution in [0.15, 0.2) is 24.3 Å². The van der Waals surface area contributed by atoms with E-state index >= 15 is 0 Å². The molecule has 0 aromatic heterocycles. The van der Waals surface area contributed by atoms with Gasteiger partial charge in [-0.1, -0.05) is 19.1 Å². The third-order valence-corrected chi connectivity index (χ3v) is 2.19. The first-order valence-corrected chi connectivity index (χ1v) is 5.71. The lowest BCUT2D eigenvalue weighted by atomic mass is 10.1. The molecule has 0 heterocycles. The van der Waals surface area contributed by atoms with E-state index in [1.807, 2.05) is 0 Å². The minimum absolute atomic E-state index is 0.292. The third-order valence-electron chi connectivity index (χ3n) is 2.19. The zero-order valence-electron chi connectivity index (χ0n) is 10.0. The molecular formula is C13H18O4. The SMILES string of the molecule is CCCOCCOCc1ccc(C(=O)O)cc1. The molecule has 1 N–H and O–H groups in total. The van der Waals surface area contributed by atoms with Crippen molar-refractivity contribution >= 4 is 5.97 Å². The van der Waals surface area contributed by atoms with Crippen molar-refractivity contribution in [1.82, 2.24) is 0 Å². The van der Waals surface area contributed by atoms with Crippen molar-refractivity contribution in [2.75, 3.05) is 19.8 Å². The van der Waals surface area contributed by atoms with Gasteiger partial charge in [0, 0.05) is 6.61 Å². The highest BCUT2D eigenvalue weighted by molar-refractivity contribution is 5.87. The molecule has 0 atom stereocenters. The average molecular weight is 238 g/mol. The molecule has 0 amide bonds. The van der Waals surface area contributed by atoms with Gasteiger partial charge in [0.2, 0.25) is 0 Å². The van der Waals surface area contributed by atoms with Gasteiger partial charge in [0.15, 0.2) is 0 Å². The van der Waals surface area contributed by atoms with E-state index in [9.17, 15) is 4.79 Å². The zero-order chi connectivity index (χ0) is 12.5. The van der Waals surface area contributed by atoms with Crippen LogP contribution in [0.25, 0.3) is 0 Å². The predicted molar refractivity (Wildman–Crippen MR) is 64.2 cm³/mol. The summed E-state index contributed by atoms with van der Waals surface area (Å²) in [5.41, 5.74) is 1.26. The van der Waals surface area contributed by atoms with Crippen molar-refractivity contribution < 1.29 is 19.4 Å². The van der Waals surface area contributed by atoms with Crippen molar-refractivity contribution in [2.24, 2.45) is 0 Å². The molecule has 0 unspecified atom stereocenters. The van der Waals surface area contributed by atoms with E-state index in [4.69, 9.17) is 14.6 Å². The lowest BCUT2D eigenvalue weighted by Crippen LogP contribution is -2.05. The van der Waals surface area contributed by atoms with Gasteiger partial charge in [0.1, 0.15) is 0 Å². The number of ether oxygens (including phenoxy) is 2. The molecule has 0 saturated heterocycles. The minimum atomic E-state index is -0.912. The number of carbonyl (C=O) groups is 1. The molecular weight excluding hydrogens is 220 g/mol. The maximum atomic E-state index is 10.6. The molecule has 4 nitrogen and oxygen atoms in total. The van der Waals surface area contributed by atoms with Crippen LogP contribution in [-0.2, 0) is 16.1 Å². The topological polar surface area (TPSA) is 55.8 Å². The fourth-order valence-electron chi connectivity index (χ4n) is 1.30. The Balaban J connectivity index is 2.21. The fourth-order valence-corrected chi connectivity index (χ4v) is 1.30. The van der Waals surface area contributed by atoms with Gasteiger partial charge < -0.3 is 14.6 Å². The quantitative estimate of drug-likeness (QED) is 0.706. The summed E-state index contributed by atoms with van der Waals surface area (Å²) >= 11 is 0. The van der Waals surface area contributed by atoms with Crippen molar-refractivity contribution in [3.05, 3.63) is 35.4 Å². The summed E-state index contributed by atoms with van der Waals surface area (Å²) in [6.07, 6.45) is 1.01. The minimum Gasteiger partial charge on any atom is -0.478 e. The second kappa shape index (κ2) is 7.81. The number of carboxylic acid groups (broad SMARTS) is 1. The normalized spacial score (nSPS) is 10.4. The summed E-state index contributed by atoms with van der Waals surface area (Å²) in [7, 11) is 0. The second-order valence-corrected chi connectivity index (χ2v) is 3.67. The smallest absolute Gasteiger partial charge is 0.335 e. The number of benzene rings is 1. The Labute approximate surface area is 101 Å². The van der Waals surface area contributed by atoms with E-state index in [2.05, 4.69) is 6.92 Å². The van der Waals surface area contributed by atoms with Crippen LogP contribution in [0.2, 0.25) is 0 Å². The Kier molecular flexibility index (Phi) is 6.29. The van der Waals surface area contributed by atoms with Crippen LogP contribution in [0.4, 0.5) is 0 Å². The molecule has 94 valence electrons. The average Bonchev–Trinajstić information content (AvgIpc) is 2.34. The summed E-state index contributed by atoms with van der Waals surface area (Å²) in [6, 6.07) is 6.68. The summed E-state index contributed by atoms with van der Waals surface area (Å²) in [5, 5.41) is 8.72. The first kappa shape index (κ1) is 13.7. The molecule has 0 aliphatic rings. The molecule has 0 radical (unpaired) electrons. The van der Waals surface area contributed by atoms with Gasteiger partial charge in [-0.25, -0.2) is 4.79 Å². The van der Waals surface area contributed by atoms with Crippen molar-refractivity contribution in [3.8, 4) is 0 Å². The van der Waals surface area contributed by atoms with Crippen LogP contribution in [-0.4, -0.2) is 30.9 Å². The Bertz CT molecular complexity index is 332. The predicted octanol–water partition coefficient (Wildman–Crippen LogP) is 2.33. The van der Waals surface area contributed by atoms with Crippen LogP contribution >= 0.6 is 0 Å². The fraction of sp³-hybridized carbons (Fsp3) is 0.462. The Morgan fingerprint density at radius 2 is 1.76 bits per heavy atom. The molecule has 0 spiro atoms. The molecule has 1 aromatic rings. The lowest BCUT2D eigenvalue weighted by molar-refractivity contribution is 0.0408. The monoisotopic (exact) mass is 238 g/mol. The van der Waals surface area contributed by atoms with E-state index in [1.54, 1.807) is 24.3 Å². The van der Waals surface area contributed by atoms with Gasteiger partial charge in [-0.2, -0.15) is 0 Å². The molecule has 0 fully saturated rings. The van der Waals surface area contributed by atoms with E-state index in [0.717, 1.165) is 18.6 Å². The second-order valence-electron chi connectivity index (χ2n) is 3.67. The standard InChI is InChI=1S/C13H18O4/c1-2-7-16-8-9-17-10-11-3-5-12(6-4-11)13(14)15/h3-6H,2,7-10H2,1H3,(H,14,15). The molecule has 0 bridgehead atoms. The van der Waals surface area contributed by atoms with E-state index in [1.165, 1.54) is 0 Å². The third kappa shape index (κ3) is 5.47. The molecule has 4 heteroatoms. The molecule has 0 aliphatic heterocycles. The van der Waals surface area contributed by atoms with Gasteiger partial charge in [-0.15, -0.1) is 0 Å². The largest absolute Gasteiger partial charge is 0.478 e. The van der Waals surface area contributed by atoms with Gasteiger partial charge in [-0.3, -0.25) is 0 Å². The summed E-state index contributed by atoms with van der Waals surface area (Å²) in [5.74, 6) is -0.912. The number of rotatable bonds is 8. The van der Waals surface area contributed by atoms with Gasteiger partial charge in [0.05, 0.1) is 25.4 Å². The van der Waals surface area contributed by atoms with Gasteiger partial charge in [-0.05, 0) is 24.1 Å². The summed E-state index contributed by atoms with van der Waals surface area (Å²) < 4.78 is 10.7.